The molecule has 0 saturated heterocycles. The number of carbonyl (C=O) groups is 2. The molecule has 0 aromatic carbocycles. The third-order valence-corrected chi connectivity index (χ3v) is 3.33. The molecule has 0 spiro atoms. The van der Waals surface area contributed by atoms with Crippen molar-refractivity contribution in [2.45, 2.75) is 58.0 Å². The molecule has 1 N–H and O–H groups in total. The summed E-state index contributed by atoms with van der Waals surface area (Å²) in [6, 6.07) is -0.342. The van der Waals surface area contributed by atoms with Gasteiger partial charge >= 0.3 is 0 Å². The van der Waals surface area contributed by atoms with Crippen LogP contribution in [0.1, 0.15) is 46.5 Å². The van der Waals surface area contributed by atoms with Gasteiger partial charge in [0.25, 0.3) is 5.91 Å². The lowest BCUT2D eigenvalue weighted by molar-refractivity contribution is -0.144. The molecule has 1 aliphatic rings. The van der Waals surface area contributed by atoms with Crippen LogP contribution >= 0.6 is 0 Å². The molecule has 0 radical (unpaired) electrons. The second kappa shape index (κ2) is 5.83. The number of carbonyl (C=O) groups excluding carboxylic acids is 2. The summed E-state index contributed by atoms with van der Waals surface area (Å²) in [5.41, 5.74) is -0.156. The lowest BCUT2D eigenvalue weighted by atomic mass is 9.79. The highest BCUT2D eigenvalue weighted by Crippen LogP contribution is 2.31. The van der Waals surface area contributed by atoms with Gasteiger partial charge in [-0.25, -0.2) is 0 Å². The summed E-state index contributed by atoms with van der Waals surface area (Å²) in [7, 11) is 3.25. The Labute approximate surface area is 110 Å². The third-order valence-electron chi connectivity index (χ3n) is 3.33. The summed E-state index contributed by atoms with van der Waals surface area (Å²) >= 11 is 0. The maximum atomic E-state index is 12.2. The van der Waals surface area contributed by atoms with Crippen molar-refractivity contribution in [1.82, 2.24) is 10.2 Å². The van der Waals surface area contributed by atoms with Gasteiger partial charge in [-0.15, -0.1) is 0 Å². The average molecular weight is 254 g/mol. The van der Waals surface area contributed by atoms with Gasteiger partial charge in [-0.05, 0) is 33.1 Å². The van der Waals surface area contributed by atoms with E-state index in [-0.39, 0.29) is 17.4 Å². The van der Waals surface area contributed by atoms with Crippen molar-refractivity contribution in [2.24, 2.45) is 5.92 Å². The van der Waals surface area contributed by atoms with E-state index in [1.807, 2.05) is 20.8 Å². The molecule has 1 rings (SSSR count). The van der Waals surface area contributed by atoms with E-state index in [4.69, 9.17) is 0 Å². The second-order valence-electron chi connectivity index (χ2n) is 6.54. The molecule has 0 aromatic rings. The molecule has 0 aliphatic heterocycles. The van der Waals surface area contributed by atoms with Gasteiger partial charge in [0.15, 0.2) is 0 Å². The smallest absolute Gasteiger partial charge is 0.291 e. The van der Waals surface area contributed by atoms with Crippen molar-refractivity contribution in [3.05, 3.63) is 0 Å². The Morgan fingerprint density at radius 1 is 1.28 bits per heavy atom. The molecule has 0 bridgehead atoms. The van der Waals surface area contributed by atoms with E-state index in [9.17, 15) is 9.59 Å². The topological polar surface area (TPSA) is 49.4 Å². The van der Waals surface area contributed by atoms with E-state index in [1.54, 1.807) is 14.1 Å². The number of hydrogen-bond donors (Lipinski definition) is 1. The van der Waals surface area contributed by atoms with Crippen molar-refractivity contribution in [2.75, 3.05) is 14.1 Å². The highest BCUT2D eigenvalue weighted by atomic mass is 16.2. The zero-order valence-electron chi connectivity index (χ0n) is 12.2. The molecule has 1 aliphatic carbocycles. The molecule has 1 unspecified atom stereocenters. The molecule has 18 heavy (non-hydrogen) atoms. The van der Waals surface area contributed by atoms with E-state index >= 15 is 0 Å². The molecule has 4 heteroatoms. The molecule has 104 valence electrons. The maximum Gasteiger partial charge on any atom is 0.291 e. The Kier molecular flexibility index (Phi) is 4.91. The van der Waals surface area contributed by atoms with Gasteiger partial charge in [-0.2, -0.15) is 0 Å². The first-order valence-electron chi connectivity index (χ1n) is 6.74. The first-order chi connectivity index (χ1) is 8.20. The molecule has 1 amide bonds. The summed E-state index contributed by atoms with van der Waals surface area (Å²) in [5, 5.41) is 3.29. The van der Waals surface area contributed by atoms with Crippen molar-refractivity contribution >= 4 is 11.7 Å². The van der Waals surface area contributed by atoms with Crippen LogP contribution in [-0.4, -0.2) is 42.3 Å². The maximum absolute atomic E-state index is 12.2. The quantitative estimate of drug-likeness (QED) is 0.758. The average Bonchev–Trinajstić information content (AvgIpc) is 2.17. The van der Waals surface area contributed by atoms with Crippen molar-refractivity contribution < 1.29 is 9.59 Å². The largest absolute Gasteiger partial charge is 0.342 e. The molecular formula is C14H26N2O2. The van der Waals surface area contributed by atoms with Gasteiger partial charge in [0, 0.05) is 19.6 Å². The van der Waals surface area contributed by atoms with E-state index in [0.717, 1.165) is 6.42 Å². The molecule has 4 nitrogen and oxygen atoms in total. The Morgan fingerprint density at radius 2 is 1.83 bits per heavy atom. The Bertz CT molecular complexity index is 314. The number of likely N-dealkylation sites (N-methyl/N-ethyl adjacent to an activating group) is 1. The molecular weight excluding hydrogens is 228 g/mol. The number of nitrogens with one attached hydrogen (secondary N) is 1. The van der Waals surface area contributed by atoms with Crippen LogP contribution in [0.25, 0.3) is 0 Å². The second-order valence-corrected chi connectivity index (χ2v) is 6.54. The zero-order chi connectivity index (χ0) is 13.9. The standard InChI is InChI=1S/C14H26N2O2/c1-14(2,3)15-11(9-10-7-6-8-10)12(17)13(18)16(4)5/h10-11,15H,6-9H2,1-5H3. The summed E-state index contributed by atoms with van der Waals surface area (Å²) in [5.74, 6) is -0.110. The minimum absolute atomic E-state index is 0.156. The predicted molar refractivity (Wildman–Crippen MR) is 72.3 cm³/mol. The number of amides is 1. The van der Waals surface area contributed by atoms with Crippen LogP contribution in [0.15, 0.2) is 0 Å². The Morgan fingerprint density at radius 3 is 2.17 bits per heavy atom. The van der Waals surface area contributed by atoms with Crippen LogP contribution in [0.5, 0.6) is 0 Å². The lowest BCUT2D eigenvalue weighted by Gasteiger charge is -2.33. The van der Waals surface area contributed by atoms with Crippen molar-refractivity contribution in [3.8, 4) is 0 Å². The monoisotopic (exact) mass is 254 g/mol. The van der Waals surface area contributed by atoms with Gasteiger partial charge in [-0.3, -0.25) is 9.59 Å². The van der Waals surface area contributed by atoms with Crippen molar-refractivity contribution in [3.63, 3.8) is 0 Å². The highest BCUT2D eigenvalue weighted by molar-refractivity contribution is 6.37. The summed E-state index contributed by atoms with van der Waals surface area (Å²) in [4.78, 5) is 25.3. The van der Waals surface area contributed by atoms with Crippen LogP contribution in [0.2, 0.25) is 0 Å². The minimum Gasteiger partial charge on any atom is -0.342 e. The summed E-state index contributed by atoms with van der Waals surface area (Å²) in [6.07, 6.45) is 4.41. The van der Waals surface area contributed by atoms with Crippen LogP contribution in [-0.2, 0) is 9.59 Å². The first-order valence-corrected chi connectivity index (χ1v) is 6.74. The first kappa shape index (κ1) is 15.2. The molecule has 1 fully saturated rings. The van der Waals surface area contributed by atoms with E-state index < -0.39 is 5.91 Å². The van der Waals surface area contributed by atoms with Gasteiger partial charge in [0.1, 0.15) is 0 Å². The van der Waals surface area contributed by atoms with Crippen molar-refractivity contribution in [1.29, 1.82) is 0 Å². The van der Waals surface area contributed by atoms with Gasteiger partial charge in [0.05, 0.1) is 6.04 Å². The van der Waals surface area contributed by atoms with Gasteiger partial charge in [-0.1, -0.05) is 19.3 Å². The SMILES string of the molecule is CN(C)C(=O)C(=O)C(CC1CCC1)NC(C)(C)C. The van der Waals surface area contributed by atoms with Crippen LogP contribution in [0, 0.1) is 5.92 Å². The summed E-state index contributed by atoms with van der Waals surface area (Å²) in [6.45, 7) is 6.07. The number of rotatable bonds is 5. The summed E-state index contributed by atoms with van der Waals surface area (Å²) < 4.78 is 0. The fraction of sp³-hybridized carbons (Fsp3) is 0.857. The van der Waals surface area contributed by atoms with Gasteiger partial charge in [0.2, 0.25) is 5.78 Å². The fourth-order valence-corrected chi connectivity index (χ4v) is 2.19. The third kappa shape index (κ3) is 4.41. The lowest BCUT2D eigenvalue weighted by Crippen LogP contribution is -2.52. The normalized spacial score (nSPS) is 18.1. The van der Waals surface area contributed by atoms with Crippen LogP contribution in [0.3, 0.4) is 0 Å². The Hall–Kier alpha value is -0.900. The van der Waals surface area contributed by atoms with E-state index in [2.05, 4.69) is 5.32 Å². The highest BCUT2D eigenvalue weighted by Gasteiger charge is 2.33. The Balaban J connectivity index is 2.68. The number of Topliss-reactive ketones (excluding diaryl/α,β-unsaturated/α-hetero) is 1. The minimum atomic E-state index is -0.406. The molecule has 0 aromatic heterocycles. The number of nitrogens with zero attached hydrogens (tertiary/aromatic N) is 1. The number of hydrogen-bond acceptors (Lipinski definition) is 3. The fourth-order valence-electron chi connectivity index (χ4n) is 2.19. The molecule has 1 atom stereocenters. The predicted octanol–water partition coefficient (Wildman–Crippen LogP) is 1.59. The number of ketones is 1. The van der Waals surface area contributed by atoms with Crippen LogP contribution < -0.4 is 5.32 Å². The van der Waals surface area contributed by atoms with E-state index in [1.165, 1.54) is 24.2 Å². The van der Waals surface area contributed by atoms with E-state index in [0.29, 0.717) is 5.92 Å². The molecule has 1 saturated carbocycles. The van der Waals surface area contributed by atoms with Crippen LogP contribution in [0.4, 0.5) is 0 Å². The van der Waals surface area contributed by atoms with Gasteiger partial charge < -0.3 is 10.2 Å². The molecule has 0 heterocycles. The zero-order valence-corrected chi connectivity index (χ0v) is 12.2.